The lowest BCUT2D eigenvalue weighted by Gasteiger charge is -2.09. The van der Waals surface area contributed by atoms with E-state index in [1.165, 1.54) is 30.0 Å². The van der Waals surface area contributed by atoms with Gasteiger partial charge in [-0.2, -0.15) is 0 Å². The molecule has 132 valence electrons. The molecule has 25 heavy (non-hydrogen) atoms. The molecule has 0 fully saturated rings. The first-order valence-electron chi connectivity index (χ1n) is 7.79. The summed E-state index contributed by atoms with van der Waals surface area (Å²) in [7, 11) is 1.50. The standard InChI is InChI=1S/C17H19N3O5/c1-25-15-7-3-2-6-14(15)17(22)18-10-4-5-11-19-12-13(20(23)24)8-9-16(19)21/h2-3,6-9,12H,4-5,10-11H2,1H3,(H,18,22). The number of hydrogen-bond donors (Lipinski definition) is 1. The van der Waals surface area contributed by atoms with Crippen LogP contribution in [0.25, 0.3) is 0 Å². The minimum absolute atomic E-state index is 0.121. The number of benzene rings is 1. The van der Waals surface area contributed by atoms with Gasteiger partial charge in [0.25, 0.3) is 17.2 Å². The van der Waals surface area contributed by atoms with Crippen LogP contribution in [-0.2, 0) is 6.54 Å². The molecular formula is C17H19N3O5. The van der Waals surface area contributed by atoms with E-state index in [-0.39, 0.29) is 17.2 Å². The Morgan fingerprint density at radius 1 is 1.24 bits per heavy atom. The number of nitrogens with one attached hydrogen (secondary N) is 1. The van der Waals surface area contributed by atoms with Crippen molar-refractivity contribution in [3.8, 4) is 5.75 Å². The highest BCUT2D eigenvalue weighted by Gasteiger charge is 2.10. The molecule has 1 heterocycles. The normalized spacial score (nSPS) is 10.3. The van der Waals surface area contributed by atoms with Crippen molar-refractivity contribution >= 4 is 11.6 Å². The van der Waals surface area contributed by atoms with Gasteiger partial charge in [-0.05, 0) is 25.0 Å². The van der Waals surface area contributed by atoms with Crippen molar-refractivity contribution in [2.75, 3.05) is 13.7 Å². The van der Waals surface area contributed by atoms with E-state index in [0.29, 0.717) is 37.2 Å². The molecule has 8 nitrogen and oxygen atoms in total. The zero-order valence-corrected chi connectivity index (χ0v) is 13.8. The Bertz CT molecular complexity index is 816. The number of unbranched alkanes of at least 4 members (excludes halogenated alkanes) is 1. The van der Waals surface area contributed by atoms with Gasteiger partial charge in [0, 0.05) is 25.2 Å². The summed E-state index contributed by atoms with van der Waals surface area (Å²) in [5, 5.41) is 13.5. The summed E-state index contributed by atoms with van der Waals surface area (Å²) in [5.41, 5.74) is 0.0487. The number of nitro groups is 1. The van der Waals surface area contributed by atoms with Gasteiger partial charge in [-0.15, -0.1) is 0 Å². The van der Waals surface area contributed by atoms with E-state index in [1.807, 2.05) is 0 Å². The van der Waals surface area contributed by atoms with E-state index in [2.05, 4.69) is 5.32 Å². The van der Waals surface area contributed by atoms with Crippen molar-refractivity contribution in [1.29, 1.82) is 0 Å². The highest BCUT2D eigenvalue weighted by molar-refractivity contribution is 5.96. The number of para-hydroxylation sites is 1. The van der Waals surface area contributed by atoms with Gasteiger partial charge in [-0.1, -0.05) is 12.1 Å². The maximum atomic E-state index is 12.1. The Kier molecular flexibility index (Phi) is 6.27. The maximum absolute atomic E-state index is 12.1. The molecule has 1 N–H and O–H groups in total. The molecule has 0 radical (unpaired) electrons. The Hall–Kier alpha value is -3.16. The average Bonchev–Trinajstić information content (AvgIpc) is 2.62. The average molecular weight is 345 g/mol. The summed E-state index contributed by atoms with van der Waals surface area (Å²) in [6, 6.07) is 9.30. The van der Waals surface area contributed by atoms with Crippen molar-refractivity contribution < 1.29 is 14.5 Å². The minimum atomic E-state index is -0.538. The van der Waals surface area contributed by atoms with E-state index >= 15 is 0 Å². The van der Waals surface area contributed by atoms with Gasteiger partial charge in [-0.3, -0.25) is 19.7 Å². The van der Waals surface area contributed by atoms with Crippen molar-refractivity contribution in [3.05, 3.63) is 68.6 Å². The second-order valence-corrected chi connectivity index (χ2v) is 5.34. The Morgan fingerprint density at radius 2 is 2.00 bits per heavy atom. The molecule has 0 unspecified atom stereocenters. The van der Waals surface area contributed by atoms with E-state index in [0.717, 1.165) is 0 Å². The zero-order valence-electron chi connectivity index (χ0n) is 13.8. The minimum Gasteiger partial charge on any atom is -0.496 e. The molecule has 0 saturated carbocycles. The number of carbonyl (C=O) groups is 1. The second kappa shape index (κ2) is 8.62. The topological polar surface area (TPSA) is 103 Å². The van der Waals surface area contributed by atoms with Gasteiger partial charge in [0.1, 0.15) is 5.75 Å². The molecule has 2 aromatic rings. The number of carbonyl (C=O) groups excluding carboxylic acids is 1. The second-order valence-electron chi connectivity index (χ2n) is 5.34. The van der Waals surface area contributed by atoms with Crippen LogP contribution in [0.3, 0.4) is 0 Å². The fourth-order valence-corrected chi connectivity index (χ4v) is 2.34. The van der Waals surface area contributed by atoms with Crippen molar-refractivity contribution in [2.24, 2.45) is 0 Å². The number of aryl methyl sites for hydroxylation is 1. The number of pyridine rings is 1. The number of amides is 1. The molecule has 0 aliphatic heterocycles. The summed E-state index contributed by atoms with van der Waals surface area (Å²) < 4.78 is 6.45. The van der Waals surface area contributed by atoms with E-state index in [1.54, 1.807) is 24.3 Å². The number of nitrogens with zero attached hydrogens (tertiary/aromatic N) is 2. The van der Waals surface area contributed by atoms with Crippen LogP contribution in [-0.4, -0.2) is 29.1 Å². The molecular weight excluding hydrogens is 326 g/mol. The number of aromatic nitrogens is 1. The summed E-state index contributed by atoms with van der Waals surface area (Å²) in [4.78, 5) is 34.0. The third-order valence-electron chi connectivity index (χ3n) is 3.64. The lowest BCUT2D eigenvalue weighted by atomic mass is 10.2. The molecule has 0 bridgehead atoms. The monoisotopic (exact) mass is 345 g/mol. The van der Waals surface area contributed by atoms with Crippen molar-refractivity contribution in [3.63, 3.8) is 0 Å². The summed E-state index contributed by atoms with van der Waals surface area (Å²) in [6.07, 6.45) is 2.47. The lowest BCUT2D eigenvalue weighted by molar-refractivity contribution is -0.385. The maximum Gasteiger partial charge on any atom is 0.285 e. The molecule has 0 aliphatic rings. The molecule has 2 rings (SSSR count). The number of rotatable bonds is 8. The van der Waals surface area contributed by atoms with Crippen LogP contribution in [0.4, 0.5) is 5.69 Å². The molecule has 1 aromatic carbocycles. The van der Waals surface area contributed by atoms with Gasteiger partial charge in [0.15, 0.2) is 0 Å². The van der Waals surface area contributed by atoms with Crippen LogP contribution < -0.4 is 15.6 Å². The highest BCUT2D eigenvalue weighted by atomic mass is 16.6. The van der Waals surface area contributed by atoms with E-state index in [4.69, 9.17) is 4.74 Å². The third-order valence-corrected chi connectivity index (χ3v) is 3.64. The summed E-state index contributed by atoms with van der Waals surface area (Å²) in [5.74, 6) is 0.271. The smallest absolute Gasteiger partial charge is 0.285 e. The highest BCUT2D eigenvalue weighted by Crippen LogP contribution is 2.16. The molecule has 1 aromatic heterocycles. The number of methoxy groups -OCH3 is 1. The summed E-state index contributed by atoms with van der Waals surface area (Å²) >= 11 is 0. The van der Waals surface area contributed by atoms with E-state index in [9.17, 15) is 19.7 Å². The van der Waals surface area contributed by atoms with Crippen molar-refractivity contribution in [1.82, 2.24) is 9.88 Å². The molecule has 0 atom stereocenters. The molecule has 0 spiro atoms. The molecule has 8 heteroatoms. The zero-order chi connectivity index (χ0) is 18.2. The van der Waals surface area contributed by atoms with Gasteiger partial charge in [0.05, 0.1) is 23.8 Å². The Balaban J connectivity index is 1.82. The number of hydrogen-bond acceptors (Lipinski definition) is 5. The first-order chi connectivity index (χ1) is 12.0. The van der Waals surface area contributed by atoms with Gasteiger partial charge < -0.3 is 14.6 Å². The largest absolute Gasteiger partial charge is 0.496 e. The molecule has 1 amide bonds. The predicted molar refractivity (Wildman–Crippen MR) is 91.9 cm³/mol. The third kappa shape index (κ3) is 4.90. The molecule has 0 aliphatic carbocycles. The SMILES string of the molecule is COc1ccccc1C(=O)NCCCCn1cc([N+](=O)[O-])ccc1=O. The van der Waals surface area contributed by atoms with Crippen LogP contribution in [0.1, 0.15) is 23.2 Å². The van der Waals surface area contributed by atoms with Crippen LogP contribution in [0.5, 0.6) is 5.75 Å². The van der Waals surface area contributed by atoms with Gasteiger partial charge in [-0.25, -0.2) is 0 Å². The lowest BCUT2D eigenvalue weighted by Crippen LogP contribution is -2.25. The van der Waals surface area contributed by atoms with Gasteiger partial charge >= 0.3 is 0 Å². The van der Waals surface area contributed by atoms with Crippen LogP contribution in [0, 0.1) is 10.1 Å². The fraction of sp³-hybridized carbons (Fsp3) is 0.294. The summed E-state index contributed by atoms with van der Waals surface area (Å²) in [6.45, 7) is 0.783. The quantitative estimate of drug-likeness (QED) is 0.447. The van der Waals surface area contributed by atoms with E-state index < -0.39 is 4.92 Å². The van der Waals surface area contributed by atoms with Gasteiger partial charge in [0.2, 0.25) is 0 Å². The van der Waals surface area contributed by atoms with Crippen LogP contribution in [0.15, 0.2) is 47.4 Å². The number of ether oxygens (including phenoxy) is 1. The van der Waals surface area contributed by atoms with Crippen LogP contribution >= 0.6 is 0 Å². The Labute approximate surface area is 144 Å². The Morgan fingerprint density at radius 3 is 2.72 bits per heavy atom. The first kappa shape index (κ1) is 18.2. The molecule has 0 saturated heterocycles. The van der Waals surface area contributed by atoms with Crippen LogP contribution in [0.2, 0.25) is 0 Å². The predicted octanol–water partition coefficient (Wildman–Crippen LogP) is 1.98. The first-order valence-corrected chi connectivity index (χ1v) is 7.79. The van der Waals surface area contributed by atoms with Crippen molar-refractivity contribution in [2.45, 2.75) is 19.4 Å². The fourth-order valence-electron chi connectivity index (χ4n) is 2.34.